The molecule has 1 atom stereocenters. The van der Waals surface area contributed by atoms with Crippen LogP contribution in [0.3, 0.4) is 0 Å². The van der Waals surface area contributed by atoms with E-state index < -0.39 is 18.0 Å². The maximum absolute atomic E-state index is 11.8. The number of nitrogens with one attached hydrogen (secondary N) is 1. The van der Waals surface area contributed by atoms with Crippen molar-refractivity contribution in [1.82, 2.24) is 15.2 Å². The standard InChI is InChI=1S/C11H17N3O3S/c1-4-8(10(15)16)14(3)11(17)12-5-9-7(2)13-6-18-9/h6,8H,4-5H2,1-3H3,(H,12,17)(H,15,16). The van der Waals surface area contributed by atoms with Crippen LogP contribution in [0.25, 0.3) is 0 Å². The number of hydrogen-bond donors (Lipinski definition) is 2. The minimum Gasteiger partial charge on any atom is -0.480 e. The smallest absolute Gasteiger partial charge is 0.326 e. The van der Waals surface area contributed by atoms with Crippen LogP contribution in [-0.2, 0) is 11.3 Å². The van der Waals surface area contributed by atoms with Crippen LogP contribution in [-0.4, -0.2) is 40.1 Å². The molecule has 18 heavy (non-hydrogen) atoms. The number of carbonyl (C=O) groups is 2. The van der Waals surface area contributed by atoms with Crippen LogP contribution in [0.5, 0.6) is 0 Å². The lowest BCUT2D eigenvalue weighted by Crippen LogP contribution is -2.46. The number of amides is 2. The maximum atomic E-state index is 11.8. The van der Waals surface area contributed by atoms with E-state index in [1.807, 2.05) is 6.92 Å². The molecule has 1 heterocycles. The summed E-state index contributed by atoms with van der Waals surface area (Å²) in [6.45, 7) is 3.97. The fourth-order valence-corrected chi connectivity index (χ4v) is 2.25. The van der Waals surface area contributed by atoms with E-state index in [0.29, 0.717) is 13.0 Å². The molecule has 1 rings (SSSR count). The number of likely N-dealkylation sites (N-methyl/N-ethyl adjacent to an activating group) is 1. The molecule has 0 aliphatic carbocycles. The van der Waals surface area contributed by atoms with Crippen molar-refractivity contribution < 1.29 is 14.7 Å². The molecule has 0 saturated carbocycles. The van der Waals surface area contributed by atoms with E-state index in [9.17, 15) is 9.59 Å². The molecule has 1 aromatic heterocycles. The van der Waals surface area contributed by atoms with E-state index in [1.54, 1.807) is 12.4 Å². The first kappa shape index (κ1) is 14.4. The molecule has 100 valence electrons. The Morgan fingerprint density at radius 1 is 1.61 bits per heavy atom. The Morgan fingerprint density at radius 2 is 2.28 bits per heavy atom. The average Bonchev–Trinajstić information content (AvgIpc) is 2.72. The highest BCUT2D eigenvalue weighted by Gasteiger charge is 2.24. The molecule has 0 saturated heterocycles. The van der Waals surface area contributed by atoms with E-state index in [0.717, 1.165) is 10.6 Å². The third-order valence-corrected chi connectivity index (χ3v) is 3.64. The number of hydrogen-bond acceptors (Lipinski definition) is 4. The lowest BCUT2D eigenvalue weighted by Gasteiger charge is -2.23. The van der Waals surface area contributed by atoms with E-state index in [-0.39, 0.29) is 0 Å². The van der Waals surface area contributed by atoms with Crippen LogP contribution in [0.15, 0.2) is 5.51 Å². The second kappa shape index (κ2) is 6.34. The summed E-state index contributed by atoms with van der Waals surface area (Å²) in [4.78, 5) is 29.0. The number of rotatable bonds is 5. The quantitative estimate of drug-likeness (QED) is 0.849. The van der Waals surface area contributed by atoms with Crippen molar-refractivity contribution in [3.05, 3.63) is 16.1 Å². The van der Waals surface area contributed by atoms with Crippen molar-refractivity contribution in [2.45, 2.75) is 32.9 Å². The number of thiazole rings is 1. The third-order valence-electron chi connectivity index (χ3n) is 2.70. The molecule has 0 fully saturated rings. The summed E-state index contributed by atoms with van der Waals surface area (Å²) < 4.78 is 0. The van der Waals surface area contributed by atoms with Gasteiger partial charge in [0, 0.05) is 11.9 Å². The lowest BCUT2D eigenvalue weighted by atomic mass is 10.2. The summed E-state index contributed by atoms with van der Waals surface area (Å²) in [6, 6.07) is -1.19. The first-order chi connectivity index (χ1) is 8.47. The first-order valence-corrected chi connectivity index (χ1v) is 6.47. The Bertz CT molecular complexity index is 433. The molecule has 0 aliphatic rings. The summed E-state index contributed by atoms with van der Waals surface area (Å²) in [7, 11) is 1.48. The van der Waals surface area contributed by atoms with Gasteiger partial charge in [0.15, 0.2) is 0 Å². The highest BCUT2D eigenvalue weighted by molar-refractivity contribution is 7.09. The fraction of sp³-hybridized carbons (Fsp3) is 0.545. The van der Waals surface area contributed by atoms with Gasteiger partial charge >= 0.3 is 12.0 Å². The topological polar surface area (TPSA) is 82.5 Å². The molecule has 1 unspecified atom stereocenters. The second-order valence-electron chi connectivity index (χ2n) is 3.89. The van der Waals surface area contributed by atoms with Crippen molar-refractivity contribution in [2.24, 2.45) is 0 Å². The van der Waals surface area contributed by atoms with Gasteiger partial charge < -0.3 is 15.3 Å². The summed E-state index contributed by atoms with van der Waals surface area (Å²) in [5.41, 5.74) is 2.60. The molecule has 2 N–H and O–H groups in total. The molecular formula is C11H17N3O3S. The SMILES string of the molecule is CCC(C(=O)O)N(C)C(=O)NCc1scnc1C. The minimum absolute atomic E-state index is 0.371. The van der Waals surface area contributed by atoms with Crippen LogP contribution < -0.4 is 5.32 Å². The normalized spacial score (nSPS) is 11.9. The zero-order chi connectivity index (χ0) is 13.7. The van der Waals surface area contributed by atoms with E-state index in [4.69, 9.17) is 5.11 Å². The largest absolute Gasteiger partial charge is 0.480 e. The van der Waals surface area contributed by atoms with Crippen LogP contribution in [0.4, 0.5) is 4.79 Å². The highest BCUT2D eigenvalue weighted by Crippen LogP contribution is 2.11. The average molecular weight is 271 g/mol. The van der Waals surface area contributed by atoms with Gasteiger partial charge in [-0.05, 0) is 13.3 Å². The monoisotopic (exact) mass is 271 g/mol. The van der Waals surface area contributed by atoms with Gasteiger partial charge in [-0.1, -0.05) is 6.92 Å². The summed E-state index contributed by atoms with van der Waals surface area (Å²) in [6.07, 6.45) is 0.374. The van der Waals surface area contributed by atoms with Crippen LogP contribution in [0.1, 0.15) is 23.9 Å². The number of aliphatic carboxylic acids is 1. The second-order valence-corrected chi connectivity index (χ2v) is 4.83. The van der Waals surface area contributed by atoms with Crippen molar-refractivity contribution >= 4 is 23.3 Å². The van der Waals surface area contributed by atoms with E-state index in [1.165, 1.54) is 23.3 Å². The Morgan fingerprint density at radius 3 is 2.72 bits per heavy atom. The number of nitrogens with zero attached hydrogens (tertiary/aromatic N) is 2. The highest BCUT2D eigenvalue weighted by atomic mass is 32.1. The van der Waals surface area contributed by atoms with Crippen molar-refractivity contribution in [3.8, 4) is 0 Å². The maximum Gasteiger partial charge on any atom is 0.326 e. The Labute approximate surface area is 110 Å². The number of carboxylic acid groups (broad SMARTS) is 1. The van der Waals surface area contributed by atoms with Crippen molar-refractivity contribution in [2.75, 3.05) is 7.05 Å². The fourth-order valence-electron chi connectivity index (χ4n) is 1.53. The minimum atomic E-state index is -0.996. The van der Waals surface area contributed by atoms with Crippen LogP contribution in [0.2, 0.25) is 0 Å². The number of carboxylic acids is 1. The Hall–Kier alpha value is -1.63. The van der Waals surface area contributed by atoms with Gasteiger partial charge in [-0.3, -0.25) is 0 Å². The molecule has 0 radical (unpaired) electrons. The molecule has 0 aromatic carbocycles. The number of carbonyl (C=O) groups excluding carboxylic acids is 1. The summed E-state index contributed by atoms with van der Waals surface area (Å²) in [5.74, 6) is -0.996. The number of urea groups is 1. The Balaban J connectivity index is 2.55. The van der Waals surface area contributed by atoms with Gasteiger partial charge in [0.1, 0.15) is 6.04 Å². The number of aryl methyl sites for hydroxylation is 1. The number of aromatic nitrogens is 1. The van der Waals surface area contributed by atoms with Crippen LogP contribution >= 0.6 is 11.3 Å². The summed E-state index contributed by atoms with van der Waals surface area (Å²) >= 11 is 1.46. The van der Waals surface area contributed by atoms with Crippen LogP contribution in [0, 0.1) is 6.92 Å². The van der Waals surface area contributed by atoms with Crippen molar-refractivity contribution in [3.63, 3.8) is 0 Å². The molecule has 0 aliphatic heterocycles. The van der Waals surface area contributed by atoms with Gasteiger partial charge in [-0.2, -0.15) is 0 Å². The molecule has 0 bridgehead atoms. The van der Waals surface area contributed by atoms with Gasteiger partial charge in [0.25, 0.3) is 0 Å². The molecular weight excluding hydrogens is 254 g/mol. The van der Waals surface area contributed by atoms with Gasteiger partial charge in [-0.15, -0.1) is 11.3 Å². The zero-order valence-electron chi connectivity index (χ0n) is 10.6. The van der Waals surface area contributed by atoms with Gasteiger partial charge in [0.2, 0.25) is 0 Å². The van der Waals surface area contributed by atoms with Crippen molar-refractivity contribution in [1.29, 1.82) is 0 Å². The molecule has 0 spiro atoms. The third kappa shape index (κ3) is 3.43. The Kier molecular flexibility index (Phi) is 5.08. The predicted molar refractivity (Wildman–Crippen MR) is 68.6 cm³/mol. The molecule has 2 amide bonds. The molecule has 6 nitrogen and oxygen atoms in total. The predicted octanol–water partition coefficient (Wildman–Crippen LogP) is 1.46. The summed E-state index contributed by atoms with van der Waals surface area (Å²) in [5, 5.41) is 11.6. The van der Waals surface area contributed by atoms with Gasteiger partial charge in [0.05, 0.1) is 17.7 Å². The lowest BCUT2D eigenvalue weighted by molar-refractivity contribution is -0.141. The van der Waals surface area contributed by atoms with E-state index >= 15 is 0 Å². The zero-order valence-corrected chi connectivity index (χ0v) is 11.5. The van der Waals surface area contributed by atoms with E-state index in [2.05, 4.69) is 10.3 Å². The van der Waals surface area contributed by atoms with Gasteiger partial charge in [-0.25, -0.2) is 14.6 Å². The molecule has 7 heteroatoms. The first-order valence-electron chi connectivity index (χ1n) is 5.59. The molecule has 1 aromatic rings.